The predicted octanol–water partition coefficient (Wildman–Crippen LogP) is -0.502. The van der Waals surface area contributed by atoms with Crippen molar-refractivity contribution in [1.82, 2.24) is 15.1 Å². The molecule has 0 aliphatic carbocycles. The molecule has 178 valence electrons. The molecule has 12 nitrogen and oxygen atoms in total. The molecule has 33 heavy (non-hydrogen) atoms. The number of nitrogens with one attached hydrogen (secondary N) is 1. The van der Waals surface area contributed by atoms with E-state index in [1.807, 2.05) is 0 Å². The number of carbonyl (C=O) groups excluding carboxylic acids is 1. The van der Waals surface area contributed by atoms with E-state index in [0.717, 1.165) is 0 Å². The second kappa shape index (κ2) is 9.57. The van der Waals surface area contributed by atoms with Gasteiger partial charge in [-0.05, 0) is 24.3 Å². The number of carbonyl (C=O) groups is 3. The summed E-state index contributed by atoms with van der Waals surface area (Å²) < 4.78 is 6.74. The molecule has 1 amide bonds. The van der Waals surface area contributed by atoms with Crippen molar-refractivity contribution in [3.8, 4) is 0 Å². The molecular weight excluding hydrogens is 438 g/mol. The number of amides is 1. The average molecular weight is 463 g/mol. The third-order valence-electron chi connectivity index (χ3n) is 5.34. The molecule has 1 aromatic heterocycles. The summed E-state index contributed by atoms with van der Waals surface area (Å²) in [7, 11) is 0. The number of aromatic nitrogens is 2. The first kappa shape index (κ1) is 24.2. The van der Waals surface area contributed by atoms with Crippen LogP contribution in [0.5, 0.6) is 0 Å². The van der Waals surface area contributed by atoms with Crippen LogP contribution in [-0.4, -0.2) is 84.1 Å². The Morgan fingerprint density at radius 2 is 1.88 bits per heavy atom. The first-order valence-corrected chi connectivity index (χ1v) is 10.1. The summed E-state index contributed by atoms with van der Waals surface area (Å²) in [6, 6.07) is 2.17. The minimum Gasteiger partial charge on any atom is -0.478 e. The van der Waals surface area contributed by atoms with Crippen molar-refractivity contribution in [2.75, 3.05) is 6.61 Å². The fourth-order valence-electron chi connectivity index (χ4n) is 3.51. The van der Waals surface area contributed by atoms with Crippen molar-refractivity contribution in [1.29, 1.82) is 0 Å². The summed E-state index contributed by atoms with van der Waals surface area (Å²) >= 11 is 0. The Balaban J connectivity index is 2.13. The Morgan fingerprint density at radius 1 is 1.18 bits per heavy atom. The van der Waals surface area contributed by atoms with Gasteiger partial charge in [-0.3, -0.25) is 9.48 Å². The fraction of sp³-hybridized carbons (Fsp3) is 0.429. The van der Waals surface area contributed by atoms with Crippen LogP contribution in [-0.2, 0) is 14.3 Å². The number of carboxylic acid groups (broad SMARTS) is 2. The Labute approximate surface area is 187 Å². The van der Waals surface area contributed by atoms with Crippen LogP contribution in [0.1, 0.15) is 30.2 Å². The highest BCUT2D eigenvalue weighted by molar-refractivity contribution is 5.93. The number of rotatable bonds is 8. The summed E-state index contributed by atoms with van der Waals surface area (Å²) in [5, 5.41) is 56.1. The monoisotopic (exact) mass is 463 g/mol. The molecule has 12 heteroatoms. The maximum Gasteiger partial charge on any atom is 0.370 e. The minimum atomic E-state index is -1.75. The Bertz CT molecular complexity index is 1090. The third kappa shape index (κ3) is 4.97. The molecule has 5 atom stereocenters. The number of benzene rings is 1. The van der Waals surface area contributed by atoms with Crippen molar-refractivity contribution in [3.63, 3.8) is 0 Å². The zero-order chi connectivity index (χ0) is 24.4. The zero-order valence-corrected chi connectivity index (χ0v) is 17.8. The van der Waals surface area contributed by atoms with Crippen LogP contribution in [0.15, 0.2) is 36.2 Å². The summed E-state index contributed by atoms with van der Waals surface area (Å²) in [4.78, 5) is 35.5. The highest BCUT2D eigenvalue weighted by Crippen LogP contribution is 2.31. The van der Waals surface area contributed by atoms with E-state index in [1.54, 1.807) is 13.8 Å². The molecule has 0 unspecified atom stereocenters. The Morgan fingerprint density at radius 3 is 2.45 bits per heavy atom. The molecule has 0 fully saturated rings. The lowest BCUT2D eigenvalue weighted by Gasteiger charge is -2.40. The summed E-state index contributed by atoms with van der Waals surface area (Å²) in [5.74, 6) is -4.02. The molecule has 1 aromatic carbocycles. The van der Waals surface area contributed by atoms with Crippen LogP contribution in [0.4, 0.5) is 0 Å². The van der Waals surface area contributed by atoms with Crippen molar-refractivity contribution in [3.05, 3.63) is 41.8 Å². The number of ether oxygens (including phenoxy) is 1. The highest BCUT2D eigenvalue weighted by atomic mass is 16.5. The smallest absolute Gasteiger partial charge is 0.370 e. The molecule has 6 N–H and O–H groups in total. The summed E-state index contributed by atoms with van der Waals surface area (Å²) in [6.45, 7) is 2.44. The molecule has 0 bridgehead atoms. The maximum absolute atomic E-state index is 12.5. The molecule has 0 saturated heterocycles. The van der Waals surface area contributed by atoms with Crippen molar-refractivity contribution >= 4 is 28.7 Å². The fourth-order valence-corrected chi connectivity index (χ4v) is 3.51. The third-order valence-corrected chi connectivity index (χ3v) is 5.34. The van der Waals surface area contributed by atoms with Crippen LogP contribution in [0.25, 0.3) is 10.9 Å². The molecule has 1 aliphatic heterocycles. The molecule has 0 saturated carbocycles. The predicted molar refractivity (Wildman–Crippen MR) is 112 cm³/mol. The number of aliphatic hydroxyl groups excluding tert-OH is 3. The van der Waals surface area contributed by atoms with Crippen LogP contribution >= 0.6 is 0 Å². The van der Waals surface area contributed by atoms with Crippen LogP contribution in [0.2, 0.25) is 0 Å². The van der Waals surface area contributed by atoms with Gasteiger partial charge in [-0.2, -0.15) is 5.10 Å². The molecule has 2 aromatic rings. The quantitative estimate of drug-likeness (QED) is 0.297. The van der Waals surface area contributed by atoms with Crippen LogP contribution < -0.4 is 5.32 Å². The number of aromatic carboxylic acids is 1. The van der Waals surface area contributed by atoms with Gasteiger partial charge in [0, 0.05) is 17.5 Å². The molecule has 0 spiro atoms. The normalized spacial score (nSPS) is 22.4. The standard InChI is InChI=1S/C21H25N3O9/c1-9(2)19(28)22-16-13(6-15(21(31)32)33-18(16)17(27)14(26)8-25)24-7-11-5-10(20(29)30)3-4-12(11)23-24/h3-7,9,13-14,16-18,25-27H,8H2,1-2H3,(H,22,28)(H,29,30)(H,31,32)/t13-,14+,16+,17+,18+/m0/s1. The van der Waals surface area contributed by atoms with E-state index < -0.39 is 66.5 Å². The topological polar surface area (TPSA) is 191 Å². The number of hydrogen-bond acceptors (Lipinski definition) is 8. The van der Waals surface area contributed by atoms with E-state index in [4.69, 9.17) is 4.74 Å². The molecule has 3 rings (SSSR count). The maximum atomic E-state index is 12.5. The number of aliphatic hydroxyl groups is 3. The molecule has 1 aliphatic rings. The SMILES string of the molecule is CC(C)C(=O)N[C@H]1[C@H]([C@H](O)[C@H](O)CO)OC(C(=O)O)=C[C@@H]1n1cc2cc(C(=O)O)ccc2n1. The van der Waals surface area contributed by atoms with Crippen molar-refractivity contribution in [2.24, 2.45) is 5.92 Å². The Kier molecular flexibility index (Phi) is 7.01. The van der Waals surface area contributed by atoms with Gasteiger partial charge in [0.05, 0.1) is 29.8 Å². The van der Waals surface area contributed by atoms with E-state index in [-0.39, 0.29) is 5.56 Å². The largest absolute Gasteiger partial charge is 0.478 e. The number of carboxylic acids is 2. The van der Waals surface area contributed by atoms with Gasteiger partial charge in [0.2, 0.25) is 11.7 Å². The van der Waals surface area contributed by atoms with Gasteiger partial charge in [0.1, 0.15) is 18.3 Å². The van der Waals surface area contributed by atoms with E-state index in [1.165, 1.54) is 35.2 Å². The van der Waals surface area contributed by atoms with Crippen LogP contribution in [0.3, 0.4) is 0 Å². The molecular formula is C21H25N3O9. The lowest BCUT2D eigenvalue weighted by molar-refractivity contribution is -0.147. The lowest BCUT2D eigenvalue weighted by Crippen LogP contribution is -2.59. The van der Waals surface area contributed by atoms with E-state index >= 15 is 0 Å². The zero-order valence-electron chi connectivity index (χ0n) is 17.8. The lowest BCUT2D eigenvalue weighted by atomic mass is 9.91. The summed E-state index contributed by atoms with van der Waals surface area (Å²) in [6.07, 6.45) is -2.18. The highest BCUT2D eigenvalue weighted by Gasteiger charge is 2.45. The summed E-state index contributed by atoms with van der Waals surface area (Å²) in [5.41, 5.74) is 0.443. The minimum absolute atomic E-state index is 0.0276. The number of hydrogen-bond donors (Lipinski definition) is 6. The molecule has 2 heterocycles. The van der Waals surface area contributed by atoms with Gasteiger partial charge >= 0.3 is 11.9 Å². The average Bonchev–Trinajstić information content (AvgIpc) is 3.20. The van der Waals surface area contributed by atoms with E-state index in [9.17, 15) is 39.9 Å². The van der Waals surface area contributed by atoms with E-state index in [2.05, 4.69) is 10.4 Å². The second-order valence-corrected chi connectivity index (χ2v) is 8.03. The second-order valence-electron chi connectivity index (χ2n) is 8.03. The Hall–Kier alpha value is -3.48. The van der Waals surface area contributed by atoms with Gasteiger partial charge in [-0.15, -0.1) is 0 Å². The van der Waals surface area contributed by atoms with Gasteiger partial charge in [-0.25, -0.2) is 9.59 Å². The van der Waals surface area contributed by atoms with Crippen LogP contribution in [0, 0.1) is 5.92 Å². The van der Waals surface area contributed by atoms with Crippen molar-refractivity contribution < 1.29 is 44.7 Å². The van der Waals surface area contributed by atoms with Gasteiger partial charge in [0.15, 0.2) is 0 Å². The first-order valence-electron chi connectivity index (χ1n) is 10.1. The van der Waals surface area contributed by atoms with Gasteiger partial charge in [0.25, 0.3) is 0 Å². The first-order chi connectivity index (χ1) is 15.5. The van der Waals surface area contributed by atoms with Crippen molar-refractivity contribution in [2.45, 2.75) is 44.2 Å². The van der Waals surface area contributed by atoms with E-state index in [0.29, 0.717) is 10.9 Å². The molecule has 0 radical (unpaired) electrons. The number of nitrogens with zero attached hydrogens (tertiary/aromatic N) is 2. The number of fused-ring (bicyclic) bond motifs is 1. The van der Waals surface area contributed by atoms with Gasteiger partial charge < -0.3 is 35.6 Å². The number of aliphatic carboxylic acids is 1. The van der Waals surface area contributed by atoms with Gasteiger partial charge in [-0.1, -0.05) is 13.8 Å².